The van der Waals surface area contributed by atoms with Crippen molar-refractivity contribution < 1.29 is 70.4 Å². The first-order valence-electron chi connectivity index (χ1n) is 14.9. The largest absolute Gasteiger partial charge is 0.481 e. The van der Waals surface area contributed by atoms with E-state index in [9.17, 15) is 65.3 Å². The molecule has 5 amide bonds. The number of rotatable bonds is 18. The van der Waals surface area contributed by atoms with Crippen LogP contribution < -0.4 is 26.6 Å². The van der Waals surface area contributed by atoms with Gasteiger partial charge in [-0.15, -0.1) is 0 Å². The molecule has 0 saturated carbocycles. The van der Waals surface area contributed by atoms with Gasteiger partial charge in [0.05, 0.1) is 25.0 Å². The molecule has 0 aliphatic rings. The fraction of sp³-hybridized carbons (Fsp3) is 0.786. The lowest BCUT2D eigenvalue weighted by Gasteiger charge is -2.31. The Bertz CT molecular complexity index is 1130. The number of aliphatic hydroxyl groups is 2. The van der Waals surface area contributed by atoms with E-state index in [0.717, 1.165) is 6.92 Å². The maximum atomic E-state index is 13.9. The molecule has 0 fully saturated rings. The number of nitrogens with one attached hydrogen (secondary N) is 5. The number of aliphatic carboxylic acids is 1. The van der Waals surface area contributed by atoms with Crippen molar-refractivity contribution in [2.45, 2.75) is 122 Å². The number of alkyl halides is 6. The number of carbonyl (C=O) groups excluding carboxylic acids is 5. The van der Waals surface area contributed by atoms with Gasteiger partial charge in [0.1, 0.15) is 18.1 Å². The van der Waals surface area contributed by atoms with Crippen LogP contribution in [0.3, 0.4) is 0 Å². The smallest absolute Gasteiger partial charge is 0.411 e. The molecule has 0 aromatic heterocycles. The third-order valence-corrected chi connectivity index (χ3v) is 6.73. The zero-order valence-corrected chi connectivity index (χ0v) is 27.5. The van der Waals surface area contributed by atoms with E-state index in [-0.39, 0.29) is 12.3 Å². The Kier molecular flexibility index (Phi) is 17.3. The second-order valence-corrected chi connectivity index (χ2v) is 12.4. The Labute approximate surface area is 273 Å². The topological polar surface area (TPSA) is 223 Å². The van der Waals surface area contributed by atoms with Crippen molar-refractivity contribution in [2.75, 3.05) is 0 Å². The Morgan fingerprint density at radius 1 is 0.542 bits per heavy atom. The second-order valence-electron chi connectivity index (χ2n) is 12.4. The molecule has 0 heterocycles. The third kappa shape index (κ3) is 15.5. The van der Waals surface area contributed by atoms with Gasteiger partial charge in [-0.05, 0) is 24.7 Å². The van der Waals surface area contributed by atoms with Gasteiger partial charge in [-0.25, -0.2) is 0 Å². The van der Waals surface area contributed by atoms with Gasteiger partial charge in [0.25, 0.3) is 0 Å². The molecule has 0 aliphatic carbocycles. The van der Waals surface area contributed by atoms with Crippen LogP contribution in [0.1, 0.15) is 67.7 Å². The number of amides is 5. The molecule has 0 bridgehead atoms. The summed E-state index contributed by atoms with van der Waals surface area (Å²) in [4.78, 5) is 73.5. The zero-order valence-electron chi connectivity index (χ0n) is 27.5. The monoisotopic (exact) mass is 709 g/mol. The fourth-order valence-corrected chi connectivity index (χ4v) is 4.20. The number of aliphatic hydroxyl groups excluding tert-OH is 2. The van der Waals surface area contributed by atoms with Crippen LogP contribution in [0.25, 0.3) is 0 Å². The molecule has 48 heavy (non-hydrogen) atoms. The summed E-state index contributed by atoms with van der Waals surface area (Å²) in [5.74, 6) is -8.96. The molecule has 0 aliphatic heterocycles. The van der Waals surface area contributed by atoms with Crippen LogP contribution in [0.15, 0.2) is 0 Å². The molecule has 0 rings (SSSR count). The lowest BCUT2D eigenvalue weighted by molar-refractivity contribution is -0.184. The molecule has 14 nitrogen and oxygen atoms in total. The predicted octanol–water partition coefficient (Wildman–Crippen LogP) is 0.500. The molecule has 0 saturated heterocycles. The van der Waals surface area contributed by atoms with E-state index in [4.69, 9.17) is 5.11 Å². The molecule has 0 unspecified atom stereocenters. The quantitative estimate of drug-likeness (QED) is 0.0927. The molecule has 7 atom stereocenters. The lowest BCUT2D eigenvalue weighted by atomic mass is 9.98. The first-order chi connectivity index (χ1) is 21.7. The van der Waals surface area contributed by atoms with Gasteiger partial charge in [-0.3, -0.25) is 28.8 Å². The van der Waals surface area contributed by atoms with Crippen molar-refractivity contribution in [3.8, 4) is 0 Å². The van der Waals surface area contributed by atoms with E-state index < -0.39 is 115 Å². The van der Waals surface area contributed by atoms with Crippen LogP contribution in [0.2, 0.25) is 0 Å². The van der Waals surface area contributed by atoms with Crippen LogP contribution >= 0.6 is 0 Å². The van der Waals surface area contributed by atoms with Crippen LogP contribution in [0.5, 0.6) is 0 Å². The highest BCUT2D eigenvalue weighted by molar-refractivity contribution is 5.92. The van der Waals surface area contributed by atoms with Gasteiger partial charge in [0.15, 0.2) is 12.1 Å². The summed E-state index contributed by atoms with van der Waals surface area (Å²) in [6, 6.07) is -10.8. The number of carbonyl (C=O) groups is 6. The number of hydrogen-bond acceptors (Lipinski definition) is 8. The Balaban J connectivity index is 5.71. The Morgan fingerprint density at radius 2 is 0.917 bits per heavy atom. The number of hydrogen-bond donors (Lipinski definition) is 8. The van der Waals surface area contributed by atoms with Crippen molar-refractivity contribution in [3.63, 3.8) is 0 Å². The van der Waals surface area contributed by atoms with Crippen LogP contribution in [-0.4, -0.2) is 106 Å². The minimum absolute atomic E-state index is 0.0468. The Morgan fingerprint density at radius 3 is 1.31 bits per heavy atom. The van der Waals surface area contributed by atoms with Gasteiger partial charge < -0.3 is 41.9 Å². The molecule has 20 heteroatoms. The Hall–Kier alpha value is -3.68. The van der Waals surface area contributed by atoms with Gasteiger partial charge in [0.2, 0.25) is 29.5 Å². The SMILES string of the molecule is CC(C)CC(=O)N[C@H](C(=O)N[C@H](C(=O)N[C@H]([C@@H](O)CC(=O)N[C@@H](C)C(=O)N[C@H]([C@@H](O)CC(=O)O)C(F)(F)F)C(F)(F)F)C(C)C)C(C)C. The number of carboxylic acid groups (broad SMARTS) is 1. The fourth-order valence-electron chi connectivity index (χ4n) is 4.20. The van der Waals surface area contributed by atoms with Crippen LogP contribution in [0.4, 0.5) is 26.3 Å². The third-order valence-electron chi connectivity index (χ3n) is 6.73. The molecule has 0 aromatic carbocycles. The normalized spacial score (nSPS) is 16.6. The zero-order chi connectivity index (χ0) is 37.9. The van der Waals surface area contributed by atoms with Gasteiger partial charge in [-0.2, -0.15) is 26.3 Å². The summed E-state index contributed by atoms with van der Waals surface area (Å²) in [5.41, 5.74) is 0. The van der Waals surface area contributed by atoms with Gasteiger partial charge in [0, 0.05) is 6.42 Å². The van der Waals surface area contributed by atoms with E-state index in [1.165, 1.54) is 19.2 Å². The minimum Gasteiger partial charge on any atom is -0.481 e. The average molecular weight is 710 g/mol. The number of halogens is 6. The molecular formula is C28H45F6N5O9. The minimum atomic E-state index is -5.37. The summed E-state index contributed by atoms with van der Waals surface area (Å²) in [7, 11) is 0. The first kappa shape index (κ1) is 44.3. The number of carboxylic acids is 1. The molecule has 0 radical (unpaired) electrons. The van der Waals surface area contributed by atoms with Crippen molar-refractivity contribution in [3.05, 3.63) is 0 Å². The standard InChI is InChI=1S/C28H45F6N5O9/c1-11(2)8-17(42)36-20(12(3)4)25(47)37-21(13(5)6)26(48)39-22(27(29,30)31)15(40)9-18(43)35-14(7)24(46)38-23(28(32,33)34)16(41)10-19(44)45/h11-16,20-23,40-41H,8-10H2,1-7H3,(H,35,43)(H,36,42)(H,37,47)(H,38,46)(H,39,48)(H,44,45)/t14-,15-,16-,20-,21-,22+,23+/m0/s1. The highest BCUT2D eigenvalue weighted by Gasteiger charge is 2.48. The summed E-state index contributed by atoms with van der Waals surface area (Å²) >= 11 is 0. The molecule has 278 valence electrons. The van der Waals surface area contributed by atoms with Crippen molar-refractivity contribution in [1.82, 2.24) is 26.6 Å². The lowest BCUT2D eigenvalue weighted by Crippen LogP contribution is -2.61. The van der Waals surface area contributed by atoms with Crippen molar-refractivity contribution in [2.24, 2.45) is 17.8 Å². The van der Waals surface area contributed by atoms with Crippen molar-refractivity contribution >= 4 is 35.5 Å². The van der Waals surface area contributed by atoms with Gasteiger partial charge in [-0.1, -0.05) is 41.5 Å². The maximum absolute atomic E-state index is 13.9. The summed E-state index contributed by atoms with van der Waals surface area (Å²) < 4.78 is 81.5. The highest BCUT2D eigenvalue weighted by Crippen LogP contribution is 2.26. The van der Waals surface area contributed by atoms with E-state index in [2.05, 4.69) is 10.6 Å². The second kappa shape index (κ2) is 18.8. The summed E-state index contributed by atoms with van der Waals surface area (Å²) in [6.45, 7) is 10.3. The molecule has 0 spiro atoms. The van der Waals surface area contributed by atoms with E-state index >= 15 is 0 Å². The van der Waals surface area contributed by atoms with E-state index in [0.29, 0.717) is 0 Å². The van der Waals surface area contributed by atoms with Crippen molar-refractivity contribution in [1.29, 1.82) is 0 Å². The summed E-state index contributed by atoms with van der Waals surface area (Å²) in [5, 5.41) is 38.0. The highest BCUT2D eigenvalue weighted by atomic mass is 19.4. The maximum Gasteiger partial charge on any atom is 0.411 e. The van der Waals surface area contributed by atoms with E-state index in [1.807, 2.05) is 0 Å². The van der Waals surface area contributed by atoms with Crippen LogP contribution in [-0.2, 0) is 28.8 Å². The first-order valence-corrected chi connectivity index (χ1v) is 14.9. The molecular weight excluding hydrogens is 664 g/mol. The predicted molar refractivity (Wildman–Crippen MR) is 155 cm³/mol. The van der Waals surface area contributed by atoms with E-state index in [1.54, 1.807) is 38.3 Å². The molecule has 0 aromatic rings. The van der Waals surface area contributed by atoms with Gasteiger partial charge >= 0.3 is 18.3 Å². The van der Waals surface area contributed by atoms with Crippen LogP contribution in [0, 0.1) is 17.8 Å². The summed E-state index contributed by atoms with van der Waals surface area (Å²) in [6.07, 6.45) is -18.7. The average Bonchev–Trinajstić information content (AvgIpc) is 2.88. The molecule has 8 N–H and O–H groups in total.